The zero-order valence-electron chi connectivity index (χ0n) is 15.1. The molecule has 0 bridgehead atoms. The topological polar surface area (TPSA) is 43.8 Å². The molecule has 4 heteroatoms. The molecule has 4 atom stereocenters. The van der Waals surface area contributed by atoms with Crippen molar-refractivity contribution in [1.29, 1.82) is 0 Å². The maximum atomic E-state index is 12.5. The second kappa shape index (κ2) is 7.14. The van der Waals surface area contributed by atoms with Crippen molar-refractivity contribution in [3.05, 3.63) is 29.8 Å². The summed E-state index contributed by atoms with van der Waals surface area (Å²) in [6, 6.07) is 8.35. The molecule has 24 heavy (non-hydrogen) atoms. The third-order valence-corrected chi connectivity index (χ3v) is 6.18. The lowest BCUT2D eigenvalue weighted by Gasteiger charge is -2.27. The monoisotopic (exact) mass is 330 g/mol. The van der Waals surface area contributed by atoms with Crippen LogP contribution in [0.25, 0.3) is 0 Å². The highest BCUT2D eigenvalue weighted by molar-refractivity contribution is 5.76. The predicted molar refractivity (Wildman–Crippen MR) is 95.9 cm³/mol. The number of aromatic hydroxyl groups is 1. The Hall–Kier alpha value is -1.55. The molecule has 0 spiro atoms. The van der Waals surface area contributed by atoms with Crippen molar-refractivity contribution in [2.75, 3.05) is 21.1 Å². The third-order valence-electron chi connectivity index (χ3n) is 6.18. The summed E-state index contributed by atoms with van der Waals surface area (Å²) in [5.74, 6) is 2.09. The number of hydrogen-bond donors (Lipinski definition) is 1. The molecule has 1 N–H and O–H groups in total. The van der Waals surface area contributed by atoms with Gasteiger partial charge < -0.3 is 14.9 Å². The fraction of sp³-hybridized carbons (Fsp3) is 0.650. The van der Waals surface area contributed by atoms with Gasteiger partial charge in [-0.2, -0.15) is 0 Å². The SMILES string of the molecule is CN(C)C1C[C@@H]2CC(N(C)C(=O)CCc3cccc(O)c3)C[C@@H]2C1. The van der Waals surface area contributed by atoms with Gasteiger partial charge in [0.2, 0.25) is 5.91 Å². The van der Waals surface area contributed by atoms with Gasteiger partial charge in [-0.15, -0.1) is 0 Å². The van der Waals surface area contributed by atoms with E-state index in [2.05, 4.69) is 19.0 Å². The summed E-state index contributed by atoms with van der Waals surface area (Å²) < 4.78 is 0. The molecule has 1 amide bonds. The van der Waals surface area contributed by atoms with Crippen molar-refractivity contribution < 1.29 is 9.90 Å². The Kier molecular flexibility index (Phi) is 5.14. The van der Waals surface area contributed by atoms with Crippen LogP contribution in [-0.2, 0) is 11.2 Å². The summed E-state index contributed by atoms with van der Waals surface area (Å²) in [5.41, 5.74) is 1.02. The number of rotatable bonds is 5. The largest absolute Gasteiger partial charge is 0.508 e. The van der Waals surface area contributed by atoms with Crippen molar-refractivity contribution in [1.82, 2.24) is 9.80 Å². The van der Waals surface area contributed by atoms with Gasteiger partial charge in [0.05, 0.1) is 0 Å². The number of hydrogen-bond acceptors (Lipinski definition) is 3. The van der Waals surface area contributed by atoms with Crippen LogP contribution in [0.15, 0.2) is 24.3 Å². The van der Waals surface area contributed by atoms with Crippen LogP contribution < -0.4 is 0 Å². The quantitative estimate of drug-likeness (QED) is 0.903. The first kappa shape index (κ1) is 17.3. The molecule has 1 aromatic rings. The maximum Gasteiger partial charge on any atom is 0.222 e. The maximum absolute atomic E-state index is 12.5. The van der Waals surface area contributed by atoms with Crippen LogP contribution in [0.4, 0.5) is 0 Å². The second-order valence-corrected chi connectivity index (χ2v) is 7.91. The number of benzene rings is 1. The Balaban J connectivity index is 1.49. The Bertz CT molecular complexity index is 573. The lowest BCUT2D eigenvalue weighted by Crippen LogP contribution is -2.36. The normalized spacial score (nSPS) is 29.0. The fourth-order valence-electron chi connectivity index (χ4n) is 4.63. The first-order chi connectivity index (χ1) is 11.4. The molecule has 0 saturated heterocycles. The van der Waals surface area contributed by atoms with Gasteiger partial charge in [0.1, 0.15) is 5.75 Å². The van der Waals surface area contributed by atoms with Gasteiger partial charge >= 0.3 is 0 Å². The number of carbonyl (C=O) groups excluding carboxylic acids is 1. The van der Waals surface area contributed by atoms with Crippen molar-refractivity contribution in [3.63, 3.8) is 0 Å². The predicted octanol–water partition coefficient (Wildman–Crippen LogP) is 2.90. The molecule has 1 aromatic carbocycles. The van der Waals surface area contributed by atoms with Crippen LogP contribution in [0.5, 0.6) is 5.75 Å². The number of carbonyl (C=O) groups is 1. The van der Waals surface area contributed by atoms with E-state index in [-0.39, 0.29) is 11.7 Å². The molecular weight excluding hydrogens is 300 g/mol. The molecule has 2 aliphatic carbocycles. The summed E-state index contributed by atoms with van der Waals surface area (Å²) >= 11 is 0. The highest BCUT2D eigenvalue weighted by Gasteiger charge is 2.43. The first-order valence-corrected chi connectivity index (χ1v) is 9.14. The van der Waals surface area contributed by atoms with E-state index in [0.29, 0.717) is 18.9 Å². The smallest absolute Gasteiger partial charge is 0.222 e. The van der Waals surface area contributed by atoms with Crippen molar-refractivity contribution in [2.45, 2.75) is 50.6 Å². The lowest BCUT2D eigenvalue weighted by atomic mass is 10.0. The van der Waals surface area contributed by atoms with Crippen LogP contribution in [0, 0.1) is 11.8 Å². The zero-order valence-corrected chi connectivity index (χ0v) is 15.1. The Labute approximate surface area is 145 Å². The fourth-order valence-corrected chi connectivity index (χ4v) is 4.63. The second-order valence-electron chi connectivity index (χ2n) is 7.91. The minimum atomic E-state index is 0.229. The summed E-state index contributed by atoms with van der Waals surface area (Å²) in [5, 5.41) is 9.51. The molecular formula is C20H30N2O2. The highest BCUT2D eigenvalue weighted by Crippen LogP contribution is 2.46. The highest BCUT2D eigenvalue weighted by atomic mass is 16.3. The number of aryl methyl sites for hydroxylation is 1. The molecule has 0 aromatic heterocycles. The van der Waals surface area contributed by atoms with E-state index >= 15 is 0 Å². The molecule has 4 nitrogen and oxygen atoms in total. The third kappa shape index (κ3) is 3.75. The van der Waals surface area contributed by atoms with Gasteiger partial charge in [-0.3, -0.25) is 4.79 Å². The summed E-state index contributed by atoms with van der Waals surface area (Å²) in [6.07, 6.45) is 6.14. The van der Waals surface area contributed by atoms with E-state index in [0.717, 1.165) is 23.4 Å². The van der Waals surface area contributed by atoms with E-state index in [1.165, 1.54) is 25.7 Å². The summed E-state index contributed by atoms with van der Waals surface area (Å²) in [6.45, 7) is 0. The van der Waals surface area contributed by atoms with Crippen LogP contribution in [0.3, 0.4) is 0 Å². The van der Waals surface area contributed by atoms with Gasteiger partial charge in [-0.1, -0.05) is 12.1 Å². The molecule has 3 rings (SSSR count). The number of nitrogens with zero attached hydrogens (tertiary/aromatic N) is 2. The zero-order chi connectivity index (χ0) is 17.3. The van der Waals surface area contributed by atoms with Crippen molar-refractivity contribution in [3.8, 4) is 5.75 Å². The number of phenols is 1. The summed E-state index contributed by atoms with van der Waals surface area (Å²) in [7, 11) is 6.33. The van der Waals surface area contributed by atoms with E-state index in [4.69, 9.17) is 0 Å². The van der Waals surface area contributed by atoms with Crippen LogP contribution in [-0.4, -0.2) is 54.0 Å². The average molecular weight is 330 g/mol. The first-order valence-electron chi connectivity index (χ1n) is 9.14. The van der Waals surface area contributed by atoms with Gasteiger partial charge in [0, 0.05) is 25.6 Å². The van der Waals surface area contributed by atoms with Crippen LogP contribution in [0.2, 0.25) is 0 Å². The lowest BCUT2D eigenvalue weighted by molar-refractivity contribution is -0.131. The van der Waals surface area contributed by atoms with E-state index in [1.807, 2.05) is 24.1 Å². The molecule has 2 saturated carbocycles. The average Bonchev–Trinajstić information content (AvgIpc) is 3.10. The Morgan fingerprint density at radius 3 is 2.29 bits per heavy atom. The standard InChI is InChI=1S/C20H30N2O2/c1-21(2)17-10-15-12-18(13-16(15)11-17)22(3)20(24)8-7-14-5-4-6-19(23)9-14/h4-6,9,15-18,23H,7-8,10-13H2,1-3H3/t15-,16+,17?,18?. The number of amides is 1. The van der Waals surface area contributed by atoms with Crippen molar-refractivity contribution >= 4 is 5.91 Å². The van der Waals surface area contributed by atoms with Gasteiger partial charge in [0.15, 0.2) is 0 Å². The minimum absolute atomic E-state index is 0.229. The van der Waals surface area contributed by atoms with Crippen LogP contribution >= 0.6 is 0 Å². The van der Waals surface area contributed by atoms with Crippen molar-refractivity contribution in [2.24, 2.45) is 11.8 Å². The molecule has 2 aliphatic rings. The minimum Gasteiger partial charge on any atom is -0.508 e. The molecule has 2 fully saturated rings. The Morgan fingerprint density at radius 2 is 1.71 bits per heavy atom. The Morgan fingerprint density at radius 1 is 1.08 bits per heavy atom. The van der Waals surface area contributed by atoms with Gasteiger partial charge in [-0.25, -0.2) is 0 Å². The van der Waals surface area contributed by atoms with Gasteiger partial charge in [0.25, 0.3) is 0 Å². The number of phenolic OH excluding ortho intramolecular Hbond substituents is 1. The molecule has 2 unspecified atom stereocenters. The van der Waals surface area contributed by atoms with E-state index < -0.39 is 0 Å². The molecule has 0 radical (unpaired) electrons. The van der Waals surface area contributed by atoms with Crippen LogP contribution in [0.1, 0.15) is 37.7 Å². The molecule has 132 valence electrons. The van der Waals surface area contributed by atoms with Gasteiger partial charge in [-0.05, 0) is 75.7 Å². The number of fused-ring (bicyclic) bond motifs is 1. The van der Waals surface area contributed by atoms with E-state index in [9.17, 15) is 9.90 Å². The molecule has 0 heterocycles. The van der Waals surface area contributed by atoms with E-state index in [1.54, 1.807) is 12.1 Å². The summed E-state index contributed by atoms with van der Waals surface area (Å²) in [4.78, 5) is 16.9. The molecule has 0 aliphatic heterocycles.